The minimum atomic E-state index is 0.974. The quantitative estimate of drug-likeness (QED) is 0.671. The minimum absolute atomic E-state index is 0.974. The third kappa shape index (κ3) is 2.22. The Kier molecular flexibility index (Phi) is 3.08. The fraction of sp³-hybridized carbons (Fsp3) is 0.286. The third-order valence-electron chi connectivity index (χ3n) is 2.51. The van der Waals surface area contributed by atoms with E-state index >= 15 is 0 Å². The first-order chi connectivity index (χ1) is 7.33. The summed E-state index contributed by atoms with van der Waals surface area (Å²) in [5.74, 6) is 2.68. The summed E-state index contributed by atoms with van der Waals surface area (Å²) in [7, 11) is 0. The van der Waals surface area contributed by atoms with Gasteiger partial charge in [0.25, 0.3) is 0 Å². The van der Waals surface area contributed by atoms with Gasteiger partial charge >= 0.3 is 0 Å². The van der Waals surface area contributed by atoms with E-state index in [4.69, 9.17) is 6.42 Å². The van der Waals surface area contributed by atoms with Crippen LogP contribution in [0.2, 0.25) is 0 Å². The van der Waals surface area contributed by atoms with Gasteiger partial charge in [0.15, 0.2) is 0 Å². The van der Waals surface area contributed by atoms with E-state index < -0.39 is 0 Å². The Balaban J connectivity index is 2.34. The predicted molar refractivity (Wildman–Crippen MR) is 68.4 cm³/mol. The number of fused-ring (bicyclic) bond motifs is 1. The highest BCUT2D eigenvalue weighted by molar-refractivity contribution is 7.19. The Hall–Kier alpha value is -1.26. The molecule has 0 unspecified atom stereocenters. The number of thiophene rings is 1. The largest absolute Gasteiger partial charge is 0.140 e. The van der Waals surface area contributed by atoms with Gasteiger partial charge in [-0.05, 0) is 42.5 Å². The summed E-state index contributed by atoms with van der Waals surface area (Å²) in [6, 6.07) is 8.52. The SMILES string of the molecule is C#Cc1ccc2sc(CCCC)cc2c1. The number of rotatable bonds is 3. The Morgan fingerprint density at radius 1 is 1.33 bits per heavy atom. The first-order valence-corrected chi connectivity index (χ1v) is 6.14. The van der Waals surface area contributed by atoms with E-state index in [2.05, 4.69) is 31.0 Å². The van der Waals surface area contributed by atoms with Crippen molar-refractivity contribution in [2.75, 3.05) is 0 Å². The van der Waals surface area contributed by atoms with Crippen LogP contribution < -0.4 is 0 Å². The van der Waals surface area contributed by atoms with Crippen molar-refractivity contribution in [1.29, 1.82) is 0 Å². The molecule has 1 aromatic carbocycles. The van der Waals surface area contributed by atoms with Crippen LogP contribution in [-0.2, 0) is 6.42 Å². The van der Waals surface area contributed by atoms with Crippen molar-refractivity contribution in [3.05, 3.63) is 34.7 Å². The van der Waals surface area contributed by atoms with Crippen molar-refractivity contribution in [2.45, 2.75) is 26.2 Å². The first-order valence-electron chi connectivity index (χ1n) is 5.32. The van der Waals surface area contributed by atoms with E-state index in [1.165, 1.54) is 34.2 Å². The van der Waals surface area contributed by atoms with E-state index in [1.54, 1.807) is 0 Å². The number of terminal acetylenes is 1. The third-order valence-corrected chi connectivity index (χ3v) is 3.69. The number of hydrogen-bond donors (Lipinski definition) is 0. The molecule has 1 aromatic heterocycles. The van der Waals surface area contributed by atoms with Gasteiger partial charge in [-0.2, -0.15) is 0 Å². The van der Waals surface area contributed by atoms with Crippen LogP contribution >= 0.6 is 11.3 Å². The molecular weight excluding hydrogens is 200 g/mol. The maximum atomic E-state index is 5.38. The van der Waals surface area contributed by atoms with Crippen LogP contribution in [0.15, 0.2) is 24.3 Å². The van der Waals surface area contributed by atoms with Crippen LogP contribution in [0.4, 0.5) is 0 Å². The minimum Gasteiger partial charge on any atom is -0.140 e. The second-order valence-corrected chi connectivity index (χ2v) is 4.88. The second-order valence-electron chi connectivity index (χ2n) is 3.71. The van der Waals surface area contributed by atoms with Gasteiger partial charge in [-0.1, -0.05) is 19.3 Å². The number of unbranched alkanes of at least 4 members (excludes halogenated alkanes) is 1. The zero-order valence-corrected chi connectivity index (χ0v) is 9.73. The smallest absolute Gasteiger partial charge is 0.0346 e. The lowest BCUT2D eigenvalue weighted by atomic mass is 10.1. The summed E-state index contributed by atoms with van der Waals surface area (Å²) in [4.78, 5) is 1.47. The molecule has 0 N–H and O–H groups in total. The molecule has 2 aromatic rings. The predicted octanol–water partition coefficient (Wildman–Crippen LogP) is 4.23. The summed E-state index contributed by atoms with van der Waals surface area (Å²) in [6.07, 6.45) is 9.10. The van der Waals surface area contributed by atoms with E-state index in [9.17, 15) is 0 Å². The van der Waals surface area contributed by atoms with Gasteiger partial charge in [-0.15, -0.1) is 17.8 Å². The van der Waals surface area contributed by atoms with E-state index in [0.29, 0.717) is 0 Å². The molecule has 0 fully saturated rings. The van der Waals surface area contributed by atoms with Crippen LogP contribution in [0, 0.1) is 12.3 Å². The molecular formula is C14H14S. The van der Waals surface area contributed by atoms with Gasteiger partial charge in [0, 0.05) is 15.1 Å². The molecule has 2 rings (SSSR count). The molecule has 0 aliphatic carbocycles. The number of benzene rings is 1. The molecule has 0 atom stereocenters. The lowest BCUT2D eigenvalue weighted by molar-refractivity contribution is 0.804. The van der Waals surface area contributed by atoms with Crippen LogP contribution in [0.5, 0.6) is 0 Å². The first kappa shape index (κ1) is 10.3. The van der Waals surface area contributed by atoms with Gasteiger partial charge in [0.2, 0.25) is 0 Å². The molecule has 0 bridgehead atoms. The molecule has 0 saturated carbocycles. The maximum absolute atomic E-state index is 5.38. The molecule has 1 heterocycles. The van der Waals surface area contributed by atoms with Crippen molar-refractivity contribution in [3.8, 4) is 12.3 Å². The van der Waals surface area contributed by atoms with Gasteiger partial charge in [-0.3, -0.25) is 0 Å². The van der Waals surface area contributed by atoms with Crippen LogP contribution in [0.3, 0.4) is 0 Å². The standard InChI is InChI=1S/C14H14S/c1-3-5-6-13-10-12-9-11(4-2)7-8-14(12)15-13/h2,7-10H,3,5-6H2,1H3. The Morgan fingerprint density at radius 2 is 2.20 bits per heavy atom. The lowest BCUT2D eigenvalue weighted by Gasteiger charge is -1.90. The molecule has 0 nitrogen and oxygen atoms in total. The molecule has 0 amide bonds. The Labute approximate surface area is 94.9 Å². The van der Waals surface area contributed by atoms with Crippen LogP contribution in [0.1, 0.15) is 30.2 Å². The number of aryl methyl sites for hydroxylation is 1. The van der Waals surface area contributed by atoms with E-state index in [0.717, 1.165) is 5.56 Å². The van der Waals surface area contributed by atoms with Crippen LogP contribution in [-0.4, -0.2) is 0 Å². The highest BCUT2D eigenvalue weighted by Crippen LogP contribution is 2.27. The van der Waals surface area contributed by atoms with Crippen LogP contribution in [0.25, 0.3) is 10.1 Å². The fourth-order valence-electron chi connectivity index (χ4n) is 1.66. The average molecular weight is 214 g/mol. The summed E-state index contributed by atoms with van der Waals surface area (Å²) >= 11 is 1.89. The van der Waals surface area contributed by atoms with Crippen molar-refractivity contribution >= 4 is 21.4 Å². The van der Waals surface area contributed by atoms with Gasteiger partial charge < -0.3 is 0 Å². The molecule has 0 spiro atoms. The zero-order valence-electron chi connectivity index (χ0n) is 8.92. The van der Waals surface area contributed by atoms with Crippen molar-refractivity contribution in [1.82, 2.24) is 0 Å². The highest BCUT2D eigenvalue weighted by Gasteiger charge is 2.01. The van der Waals surface area contributed by atoms with Crippen molar-refractivity contribution in [2.24, 2.45) is 0 Å². The lowest BCUT2D eigenvalue weighted by Crippen LogP contribution is -1.76. The molecule has 0 aliphatic rings. The fourth-order valence-corrected chi connectivity index (χ4v) is 2.75. The monoisotopic (exact) mass is 214 g/mol. The molecule has 0 radical (unpaired) electrons. The van der Waals surface area contributed by atoms with Gasteiger partial charge in [0.05, 0.1) is 0 Å². The van der Waals surface area contributed by atoms with Gasteiger partial charge in [-0.25, -0.2) is 0 Å². The summed E-state index contributed by atoms with van der Waals surface area (Å²) in [5, 5.41) is 1.29. The normalized spacial score (nSPS) is 10.4. The molecule has 1 heteroatoms. The summed E-state index contributed by atoms with van der Waals surface area (Å²) in [6.45, 7) is 2.23. The Morgan fingerprint density at radius 3 is 2.93 bits per heavy atom. The second kappa shape index (κ2) is 4.51. The highest BCUT2D eigenvalue weighted by atomic mass is 32.1. The Bertz CT molecular complexity index is 500. The molecule has 0 saturated heterocycles. The summed E-state index contributed by atoms with van der Waals surface area (Å²) in [5.41, 5.74) is 0.974. The number of hydrogen-bond acceptors (Lipinski definition) is 1. The topological polar surface area (TPSA) is 0 Å². The maximum Gasteiger partial charge on any atom is 0.0346 e. The molecule has 76 valence electrons. The van der Waals surface area contributed by atoms with Crippen molar-refractivity contribution < 1.29 is 0 Å². The summed E-state index contributed by atoms with van der Waals surface area (Å²) < 4.78 is 1.35. The van der Waals surface area contributed by atoms with E-state index in [-0.39, 0.29) is 0 Å². The van der Waals surface area contributed by atoms with Gasteiger partial charge in [0.1, 0.15) is 0 Å². The van der Waals surface area contributed by atoms with Crippen molar-refractivity contribution in [3.63, 3.8) is 0 Å². The molecule has 0 aliphatic heterocycles. The zero-order chi connectivity index (χ0) is 10.7. The van der Waals surface area contributed by atoms with E-state index in [1.807, 2.05) is 17.4 Å². The average Bonchev–Trinajstić information content (AvgIpc) is 2.67. The molecule has 15 heavy (non-hydrogen) atoms.